The molecule has 3 rings (SSSR count). The lowest BCUT2D eigenvalue weighted by molar-refractivity contribution is -0.141. The molecule has 11 heteroatoms. The van der Waals surface area contributed by atoms with Crippen LogP contribution in [-0.4, -0.2) is 54.5 Å². The molecular weight excluding hydrogens is 537 g/mol. The van der Waals surface area contributed by atoms with Crippen molar-refractivity contribution in [3.63, 3.8) is 0 Å². The second-order valence-electron chi connectivity index (χ2n) is 8.77. The zero-order valence-electron chi connectivity index (χ0n) is 20.9. The second-order valence-corrected chi connectivity index (χ2v) is 11.4. The van der Waals surface area contributed by atoms with Crippen molar-refractivity contribution in [1.82, 2.24) is 14.5 Å². The first kappa shape index (κ1) is 28.9. The molecule has 1 atom stereocenters. The number of carbonyl (C=O) groups excluding carboxylic acids is 3. The molecule has 0 bridgehead atoms. The summed E-state index contributed by atoms with van der Waals surface area (Å²) in [5, 5.41) is 3.63. The Hall–Kier alpha value is -2.62. The molecule has 0 spiro atoms. The monoisotopic (exact) mass is 567 g/mol. The normalized spacial score (nSPS) is 14.8. The van der Waals surface area contributed by atoms with E-state index < -0.39 is 22.0 Å². The molecule has 0 saturated heterocycles. The van der Waals surface area contributed by atoms with Gasteiger partial charge in [-0.25, -0.2) is 12.7 Å². The van der Waals surface area contributed by atoms with E-state index in [1.165, 1.54) is 17.0 Å². The topological polar surface area (TPSA) is 104 Å². The van der Waals surface area contributed by atoms with Crippen LogP contribution < -0.4 is 5.32 Å². The fourth-order valence-corrected chi connectivity index (χ4v) is 6.37. The van der Waals surface area contributed by atoms with Crippen LogP contribution in [0.15, 0.2) is 47.4 Å². The Bertz CT molecular complexity index is 1250. The quantitative estimate of drug-likeness (QED) is 0.376. The van der Waals surface area contributed by atoms with Crippen molar-refractivity contribution >= 4 is 50.9 Å². The van der Waals surface area contributed by atoms with Crippen LogP contribution in [0.4, 0.5) is 0 Å². The Kier molecular flexibility index (Phi) is 9.98. The molecule has 0 aromatic heterocycles. The number of benzene rings is 2. The maximum absolute atomic E-state index is 13.4. The van der Waals surface area contributed by atoms with Gasteiger partial charge in [0.2, 0.25) is 11.8 Å². The first-order chi connectivity index (χ1) is 17.6. The number of unbranched alkanes of at least 4 members (excludes halogenated alkanes) is 1. The molecule has 2 aromatic rings. The highest BCUT2D eigenvalue weighted by Gasteiger charge is 2.40. The lowest BCUT2D eigenvalue weighted by Gasteiger charge is -2.31. The SMILES string of the molecule is CCCCNC(=O)C(CC)N(Cc1c(Cl)cccc1Cl)C(=O)CCCN1C(=O)c2ccccc2S1(=O)=O. The van der Waals surface area contributed by atoms with Crippen molar-refractivity contribution in [2.75, 3.05) is 13.1 Å². The molecule has 37 heavy (non-hydrogen) atoms. The minimum absolute atomic E-state index is 0.0173. The second kappa shape index (κ2) is 12.8. The summed E-state index contributed by atoms with van der Waals surface area (Å²) in [4.78, 5) is 40.5. The molecular formula is C26H31Cl2N3O5S. The predicted octanol–water partition coefficient (Wildman–Crippen LogP) is 4.64. The van der Waals surface area contributed by atoms with E-state index in [9.17, 15) is 22.8 Å². The van der Waals surface area contributed by atoms with Crippen molar-refractivity contribution in [2.45, 2.75) is 63.4 Å². The maximum atomic E-state index is 13.4. The van der Waals surface area contributed by atoms with Gasteiger partial charge >= 0.3 is 0 Å². The van der Waals surface area contributed by atoms with Crippen LogP contribution in [0.2, 0.25) is 10.0 Å². The molecule has 0 fully saturated rings. The highest BCUT2D eigenvalue weighted by molar-refractivity contribution is 7.90. The van der Waals surface area contributed by atoms with Crippen molar-refractivity contribution in [2.24, 2.45) is 0 Å². The first-order valence-corrected chi connectivity index (χ1v) is 14.5. The smallest absolute Gasteiger partial charge is 0.269 e. The molecule has 1 aliphatic rings. The van der Waals surface area contributed by atoms with Crippen molar-refractivity contribution in [3.05, 3.63) is 63.6 Å². The van der Waals surface area contributed by atoms with Gasteiger partial charge in [0.25, 0.3) is 15.9 Å². The van der Waals surface area contributed by atoms with E-state index in [1.54, 1.807) is 30.3 Å². The molecule has 0 aliphatic carbocycles. The molecule has 0 radical (unpaired) electrons. The fraction of sp³-hybridized carbons (Fsp3) is 0.423. The number of hydrogen-bond donors (Lipinski definition) is 1. The van der Waals surface area contributed by atoms with Gasteiger partial charge in [-0.2, -0.15) is 0 Å². The number of hydrogen-bond acceptors (Lipinski definition) is 5. The molecule has 1 N–H and O–H groups in total. The summed E-state index contributed by atoms with van der Waals surface area (Å²) in [5.41, 5.74) is 0.644. The zero-order chi connectivity index (χ0) is 27.2. The maximum Gasteiger partial charge on any atom is 0.269 e. The first-order valence-electron chi connectivity index (χ1n) is 12.3. The molecule has 1 heterocycles. The van der Waals surface area contributed by atoms with E-state index in [-0.39, 0.29) is 48.2 Å². The highest BCUT2D eigenvalue weighted by Crippen LogP contribution is 2.31. The number of sulfonamides is 1. The summed E-state index contributed by atoms with van der Waals surface area (Å²) in [7, 11) is -3.96. The number of amides is 3. The van der Waals surface area contributed by atoms with Gasteiger partial charge in [-0.1, -0.05) is 61.7 Å². The molecule has 3 amide bonds. The van der Waals surface area contributed by atoms with Crippen LogP contribution in [0.1, 0.15) is 61.9 Å². The zero-order valence-corrected chi connectivity index (χ0v) is 23.2. The minimum Gasteiger partial charge on any atom is -0.354 e. The van der Waals surface area contributed by atoms with Crippen LogP contribution in [0.3, 0.4) is 0 Å². The number of nitrogens with zero attached hydrogens (tertiary/aromatic N) is 2. The van der Waals surface area contributed by atoms with Crippen molar-refractivity contribution in [1.29, 1.82) is 0 Å². The van der Waals surface area contributed by atoms with Gasteiger partial charge in [0, 0.05) is 41.7 Å². The molecule has 1 aliphatic heterocycles. The summed E-state index contributed by atoms with van der Waals surface area (Å²) in [6.07, 6.45) is 2.11. The molecule has 2 aromatic carbocycles. The summed E-state index contributed by atoms with van der Waals surface area (Å²) in [6, 6.07) is 10.3. The van der Waals surface area contributed by atoms with E-state index in [1.807, 2.05) is 13.8 Å². The van der Waals surface area contributed by atoms with Crippen LogP contribution >= 0.6 is 23.2 Å². The van der Waals surface area contributed by atoms with Gasteiger partial charge in [0.15, 0.2) is 0 Å². The lowest BCUT2D eigenvalue weighted by Crippen LogP contribution is -2.49. The Morgan fingerprint density at radius 1 is 1.03 bits per heavy atom. The number of nitrogens with one attached hydrogen (secondary N) is 1. The molecule has 200 valence electrons. The summed E-state index contributed by atoms with van der Waals surface area (Å²) in [5.74, 6) is -1.25. The van der Waals surface area contributed by atoms with E-state index in [4.69, 9.17) is 23.2 Å². The predicted molar refractivity (Wildman–Crippen MR) is 143 cm³/mol. The van der Waals surface area contributed by atoms with E-state index in [0.29, 0.717) is 28.6 Å². The Labute approximate surface area is 228 Å². The average molecular weight is 569 g/mol. The summed E-state index contributed by atoms with van der Waals surface area (Å²) in [6.45, 7) is 4.19. The fourth-order valence-electron chi connectivity index (χ4n) is 4.25. The Morgan fingerprint density at radius 3 is 2.32 bits per heavy atom. The summed E-state index contributed by atoms with van der Waals surface area (Å²) < 4.78 is 26.4. The molecule has 8 nitrogen and oxygen atoms in total. The van der Waals surface area contributed by atoms with Crippen LogP contribution in [0.25, 0.3) is 0 Å². The standard InChI is InChI=1S/C26H31Cl2N3O5S/c1-3-5-15-29-25(33)22(4-2)30(17-19-20(27)11-8-12-21(19)28)24(32)14-9-16-31-26(34)18-10-6-7-13-23(18)37(31,35)36/h6-8,10-13,22H,3-5,9,14-17H2,1-2H3,(H,29,33). The third-order valence-electron chi connectivity index (χ3n) is 6.27. The number of halogens is 2. The van der Waals surface area contributed by atoms with Crippen LogP contribution in [-0.2, 0) is 26.2 Å². The Balaban J connectivity index is 1.77. The van der Waals surface area contributed by atoms with Gasteiger partial charge in [-0.3, -0.25) is 14.4 Å². The van der Waals surface area contributed by atoms with Crippen LogP contribution in [0, 0.1) is 0 Å². The van der Waals surface area contributed by atoms with Gasteiger partial charge in [-0.15, -0.1) is 0 Å². The third-order valence-corrected chi connectivity index (χ3v) is 8.82. The van der Waals surface area contributed by atoms with Gasteiger partial charge in [-0.05, 0) is 43.5 Å². The molecule has 0 saturated carbocycles. The van der Waals surface area contributed by atoms with E-state index in [2.05, 4.69) is 5.32 Å². The van der Waals surface area contributed by atoms with Crippen molar-refractivity contribution in [3.8, 4) is 0 Å². The van der Waals surface area contributed by atoms with E-state index >= 15 is 0 Å². The van der Waals surface area contributed by atoms with Crippen molar-refractivity contribution < 1.29 is 22.8 Å². The Morgan fingerprint density at radius 2 is 1.70 bits per heavy atom. The largest absolute Gasteiger partial charge is 0.354 e. The highest BCUT2D eigenvalue weighted by atomic mass is 35.5. The number of rotatable bonds is 12. The third kappa shape index (κ3) is 6.45. The van der Waals surface area contributed by atoms with Gasteiger partial charge < -0.3 is 10.2 Å². The minimum atomic E-state index is -3.96. The van der Waals surface area contributed by atoms with Crippen LogP contribution in [0.5, 0.6) is 0 Å². The number of fused-ring (bicyclic) bond motifs is 1. The lowest BCUT2D eigenvalue weighted by atomic mass is 10.1. The van der Waals surface area contributed by atoms with Gasteiger partial charge in [0.05, 0.1) is 5.56 Å². The van der Waals surface area contributed by atoms with E-state index in [0.717, 1.165) is 17.1 Å². The molecule has 1 unspecified atom stereocenters. The average Bonchev–Trinajstić information content (AvgIpc) is 3.06. The summed E-state index contributed by atoms with van der Waals surface area (Å²) >= 11 is 12.7. The van der Waals surface area contributed by atoms with Gasteiger partial charge in [0.1, 0.15) is 10.9 Å². The number of carbonyl (C=O) groups is 3.